The average molecular weight is 360 g/mol. The molecular weight excluding hydrogens is 344 g/mol. The van der Waals surface area contributed by atoms with E-state index in [1.54, 1.807) is 6.07 Å². The Bertz CT molecular complexity index is 922. The first kappa shape index (κ1) is 17.1. The molecule has 0 radical (unpaired) electrons. The molecule has 0 aliphatic carbocycles. The first-order chi connectivity index (χ1) is 11.8. The van der Waals surface area contributed by atoms with Crippen molar-refractivity contribution in [2.24, 2.45) is 5.14 Å². The summed E-state index contributed by atoms with van der Waals surface area (Å²) >= 11 is 0. The Morgan fingerprint density at radius 2 is 1.80 bits per heavy atom. The van der Waals surface area contributed by atoms with E-state index in [1.165, 1.54) is 24.3 Å². The maximum Gasteiger partial charge on any atom is 0.338 e. The summed E-state index contributed by atoms with van der Waals surface area (Å²) in [7, 11) is -3.83. The van der Waals surface area contributed by atoms with Crippen LogP contribution in [0.2, 0.25) is 0 Å². The molecule has 1 heterocycles. The van der Waals surface area contributed by atoms with E-state index in [4.69, 9.17) is 9.88 Å². The van der Waals surface area contributed by atoms with Gasteiger partial charge in [-0.2, -0.15) is 0 Å². The Morgan fingerprint density at radius 3 is 2.48 bits per heavy atom. The summed E-state index contributed by atoms with van der Waals surface area (Å²) in [6.45, 7) is 0. The summed E-state index contributed by atoms with van der Waals surface area (Å²) in [5.41, 5.74) is 1.83. The van der Waals surface area contributed by atoms with Crippen molar-refractivity contribution >= 4 is 27.6 Å². The average Bonchev–Trinajstić information content (AvgIpc) is 2.73. The number of carbonyl (C=O) groups excluding carboxylic acids is 2. The second kappa shape index (κ2) is 6.66. The Kier molecular flexibility index (Phi) is 4.56. The van der Waals surface area contributed by atoms with E-state index in [0.29, 0.717) is 18.5 Å². The number of esters is 1. The Balaban J connectivity index is 1.72. The number of ether oxygens (including phenoxy) is 1. The predicted molar refractivity (Wildman–Crippen MR) is 90.4 cm³/mol. The normalized spacial score (nSPS) is 17.2. The van der Waals surface area contributed by atoms with Gasteiger partial charge in [0.2, 0.25) is 10.0 Å². The van der Waals surface area contributed by atoms with Crippen LogP contribution in [0.25, 0.3) is 0 Å². The lowest BCUT2D eigenvalue weighted by molar-refractivity contribution is -0.124. The van der Waals surface area contributed by atoms with E-state index in [2.05, 4.69) is 5.32 Å². The molecule has 0 unspecified atom stereocenters. The van der Waals surface area contributed by atoms with E-state index in [9.17, 15) is 18.0 Å². The number of nitrogens with two attached hydrogens (primary N) is 1. The quantitative estimate of drug-likeness (QED) is 0.804. The molecule has 0 bridgehead atoms. The van der Waals surface area contributed by atoms with Crippen molar-refractivity contribution in [2.45, 2.75) is 23.8 Å². The highest BCUT2D eigenvalue weighted by Gasteiger charge is 2.27. The second-order valence-electron chi connectivity index (χ2n) is 5.65. The fourth-order valence-corrected chi connectivity index (χ4v) is 3.10. The van der Waals surface area contributed by atoms with Crippen LogP contribution >= 0.6 is 0 Å². The molecule has 130 valence electrons. The van der Waals surface area contributed by atoms with Gasteiger partial charge in [0.1, 0.15) is 0 Å². The smallest absolute Gasteiger partial charge is 0.338 e. The molecule has 0 aromatic heterocycles. The number of sulfonamides is 1. The molecule has 1 aliphatic heterocycles. The van der Waals surface area contributed by atoms with E-state index < -0.39 is 22.1 Å². The Hall–Kier alpha value is -2.71. The fourth-order valence-electron chi connectivity index (χ4n) is 2.58. The third kappa shape index (κ3) is 3.86. The number of anilines is 1. The lowest BCUT2D eigenvalue weighted by Gasteiger charge is -2.14. The van der Waals surface area contributed by atoms with Gasteiger partial charge in [0, 0.05) is 5.69 Å². The van der Waals surface area contributed by atoms with Gasteiger partial charge in [-0.15, -0.1) is 0 Å². The molecule has 0 spiro atoms. The largest absolute Gasteiger partial charge is 0.449 e. The van der Waals surface area contributed by atoms with Crippen molar-refractivity contribution in [1.29, 1.82) is 0 Å². The van der Waals surface area contributed by atoms with Gasteiger partial charge >= 0.3 is 5.97 Å². The fraction of sp³-hybridized carbons (Fsp3) is 0.176. The minimum Gasteiger partial charge on any atom is -0.449 e. The van der Waals surface area contributed by atoms with Crippen molar-refractivity contribution in [3.63, 3.8) is 0 Å². The molecule has 0 saturated heterocycles. The number of amides is 1. The molecule has 3 N–H and O–H groups in total. The topological polar surface area (TPSA) is 116 Å². The second-order valence-corrected chi connectivity index (χ2v) is 7.21. The van der Waals surface area contributed by atoms with Crippen molar-refractivity contribution < 1.29 is 22.7 Å². The van der Waals surface area contributed by atoms with Crippen molar-refractivity contribution in [2.75, 3.05) is 5.32 Å². The molecule has 1 aliphatic rings. The van der Waals surface area contributed by atoms with Crippen LogP contribution < -0.4 is 10.5 Å². The van der Waals surface area contributed by atoms with Crippen LogP contribution in [0.5, 0.6) is 0 Å². The van der Waals surface area contributed by atoms with Crippen LogP contribution in [0, 0.1) is 0 Å². The first-order valence-corrected chi connectivity index (χ1v) is 9.12. The standard InChI is InChI=1S/C17H16N2O5S/c18-25(22,23)13-8-5-12(6-9-13)17(21)24-15-10-7-11-3-1-2-4-14(11)19-16(15)20/h1-6,8-9,15H,7,10H2,(H,19,20)(H2,18,22,23)/t15-/m1/s1. The molecule has 2 aromatic rings. The first-order valence-electron chi connectivity index (χ1n) is 7.57. The number of fused-ring (bicyclic) bond motifs is 1. The van der Waals surface area contributed by atoms with Gasteiger partial charge in [-0.3, -0.25) is 4.79 Å². The van der Waals surface area contributed by atoms with E-state index in [0.717, 1.165) is 5.56 Å². The summed E-state index contributed by atoms with van der Waals surface area (Å²) in [4.78, 5) is 24.4. The summed E-state index contributed by atoms with van der Waals surface area (Å²) in [5, 5.41) is 7.76. The third-order valence-electron chi connectivity index (χ3n) is 3.91. The van der Waals surface area contributed by atoms with E-state index >= 15 is 0 Å². The zero-order valence-electron chi connectivity index (χ0n) is 13.1. The number of aryl methyl sites for hydroxylation is 1. The lowest BCUT2D eigenvalue weighted by Crippen LogP contribution is -2.31. The monoisotopic (exact) mass is 360 g/mol. The highest BCUT2D eigenvalue weighted by molar-refractivity contribution is 7.89. The Labute approximate surface area is 144 Å². The predicted octanol–water partition coefficient (Wildman–Crippen LogP) is 1.44. The van der Waals surface area contributed by atoms with Crippen LogP contribution in [0.3, 0.4) is 0 Å². The number of para-hydroxylation sites is 1. The number of hydrogen-bond donors (Lipinski definition) is 2. The number of nitrogens with one attached hydrogen (secondary N) is 1. The van der Waals surface area contributed by atoms with Crippen molar-refractivity contribution in [3.8, 4) is 0 Å². The van der Waals surface area contributed by atoms with Crippen molar-refractivity contribution in [3.05, 3.63) is 59.7 Å². The summed E-state index contributed by atoms with van der Waals surface area (Å²) in [5.74, 6) is -1.09. The number of hydrogen-bond acceptors (Lipinski definition) is 5. The van der Waals surface area contributed by atoms with Crippen molar-refractivity contribution in [1.82, 2.24) is 0 Å². The SMILES string of the molecule is NS(=O)(=O)c1ccc(C(=O)O[C@@H]2CCc3ccccc3NC2=O)cc1. The van der Waals surface area contributed by atoms with Crippen LogP contribution in [-0.4, -0.2) is 26.4 Å². The van der Waals surface area contributed by atoms with Crippen LogP contribution in [0.15, 0.2) is 53.4 Å². The number of benzene rings is 2. The van der Waals surface area contributed by atoms with Gasteiger partial charge in [-0.05, 0) is 48.7 Å². The highest BCUT2D eigenvalue weighted by atomic mass is 32.2. The lowest BCUT2D eigenvalue weighted by atomic mass is 10.1. The molecule has 1 atom stereocenters. The van der Waals surface area contributed by atoms with Gasteiger partial charge in [0.05, 0.1) is 10.5 Å². The molecule has 8 heteroatoms. The van der Waals surface area contributed by atoms with Gasteiger partial charge in [-0.1, -0.05) is 18.2 Å². The zero-order chi connectivity index (χ0) is 18.0. The maximum absolute atomic E-state index is 12.2. The number of carbonyl (C=O) groups is 2. The van der Waals surface area contributed by atoms with Gasteiger partial charge in [0.15, 0.2) is 6.10 Å². The van der Waals surface area contributed by atoms with Crippen LogP contribution in [0.1, 0.15) is 22.3 Å². The molecule has 7 nitrogen and oxygen atoms in total. The van der Waals surface area contributed by atoms with E-state index in [-0.39, 0.29) is 16.4 Å². The minimum atomic E-state index is -3.83. The van der Waals surface area contributed by atoms with Gasteiger partial charge in [-0.25, -0.2) is 18.4 Å². The molecule has 0 saturated carbocycles. The minimum absolute atomic E-state index is 0.105. The molecule has 25 heavy (non-hydrogen) atoms. The summed E-state index contributed by atoms with van der Waals surface area (Å²) in [6.07, 6.45) is 0.0407. The molecule has 2 aromatic carbocycles. The summed E-state index contributed by atoms with van der Waals surface area (Å²) < 4.78 is 27.8. The van der Waals surface area contributed by atoms with Gasteiger partial charge < -0.3 is 10.1 Å². The molecular formula is C17H16N2O5S. The zero-order valence-corrected chi connectivity index (χ0v) is 14.0. The summed E-state index contributed by atoms with van der Waals surface area (Å²) in [6, 6.07) is 12.4. The van der Waals surface area contributed by atoms with Crippen LogP contribution in [0.4, 0.5) is 5.69 Å². The maximum atomic E-state index is 12.2. The van der Waals surface area contributed by atoms with Gasteiger partial charge in [0.25, 0.3) is 5.91 Å². The molecule has 3 rings (SSSR count). The number of primary sulfonamides is 1. The third-order valence-corrected chi connectivity index (χ3v) is 4.84. The molecule has 1 amide bonds. The number of rotatable bonds is 3. The molecule has 0 fully saturated rings. The van der Waals surface area contributed by atoms with Crippen LogP contribution in [-0.2, 0) is 26.0 Å². The Morgan fingerprint density at radius 1 is 1.12 bits per heavy atom. The highest BCUT2D eigenvalue weighted by Crippen LogP contribution is 2.23. The van der Waals surface area contributed by atoms with E-state index in [1.807, 2.05) is 18.2 Å².